The second kappa shape index (κ2) is 18.3. The van der Waals surface area contributed by atoms with E-state index >= 15 is 0 Å². The molecule has 0 fully saturated rings. The Bertz CT molecular complexity index is 1530. The molecule has 0 radical (unpaired) electrons. The van der Waals surface area contributed by atoms with Gasteiger partial charge in [0, 0.05) is 19.5 Å². The monoisotopic (exact) mass is 400 g/mol. The molecule has 0 aromatic rings. The lowest BCUT2D eigenvalue weighted by atomic mass is 10.2. The smallest absolute Gasteiger partial charge is 0.224 e. The Balaban J connectivity index is 5.56. The van der Waals surface area contributed by atoms with E-state index < -0.39 is 0 Å². The number of carbonyl (C=O) groups is 1. The molecule has 0 aromatic carbocycles. The minimum atomic E-state index is -0.217. The molecule has 2 nitrogen and oxygen atoms in total. The molecule has 1 amide bonds. The number of rotatable bonds is 1. The van der Waals surface area contributed by atoms with Crippen molar-refractivity contribution < 1.29 is 4.79 Å². The molecule has 142 valence electrons. The van der Waals surface area contributed by atoms with Crippen molar-refractivity contribution in [3.63, 3.8) is 0 Å². The maximum absolute atomic E-state index is 11.7. The van der Waals surface area contributed by atoms with Crippen LogP contribution in [0.25, 0.3) is 0 Å². The number of hydrogen-bond donors (Lipinski definition) is 0. The van der Waals surface area contributed by atoms with Crippen LogP contribution in [0.2, 0.25) is 0 Å². The van der Waals surface area contributed by atoms with Gasteiger partial charge in [-0.1, -0.05) is 5.92 Å². The molecule has 0 heterocycles. The second-order valence-corrected chi connectivity index (χ2v) is 4.82. The molecule has 32 heavy (non-hydrogen) atoms. The van der Waals surface area contributed by atoms with Crippen LogP contribution in [0.4, 0.5) is 0 Å². The lowest BCUT2D eigenvalue weighted by molar-refractivity contribution is -0.125. The van der Waals surface area contributed by atoms with Crippen molar-refractivity contribution in [2.45, 2.75) is 13.8 Å². The maximum Gasteiger partial charge on any atom is 0.224 e. The van der Waals surface area contributed by atoms with Gasteiger partial charge in [-0.2, -0.15) is 0 Å². The standard InChI is InChI=1S/C30H10NO/c1-6-8-10-12-14-16-18-20-22-24-26-28(3)30(31(5)29(4)32)27-25-23-21-19-17-15-13-11-9-7-2/h1H,3-5H3/q-1/b30-28-. The summed E-state index contributed by atoms with van der Waals surface area (Å²) in [6.07, 6.45) is 11.5. The highest BCUT2D eigenvalue weighted by molar-refractivity contribution is 5.76. The Morgan fingerprint density at radius 2 is 1.00 bits per heavy atom. The van der Waals surface area contributed by atoms with Crippen LogP contribution in [0.5, 0.6) is 0 Å². The summed E-state index contributed by atoms with van der Waals surface area (Å²) >= 11 is 0. The van der Waals surface area contributed by atoms with Crippen molar-refractivity contribution >= 4 is 5.91 Å². The first kappa shape index (κ1) is 25.9. The quantitative estimate of drug-likeness (QED) is 0.475. The minimum absolute atomic E-state index is 0.217. The third-order valence-electron chi connectivity index (χ3n) is 2.73. The highest BCUT2D eigenvalue weighted by Gasteiger charge is 2.08. The van der Waals surface area contributed by atoms with E-state index in [1.54, 1.807) is 14.0 Å². The Morgan fingerprint density at radius 3 is 1.41 bits per heavy atom. The fourth-order valence-corrected chi connectivity index (χ4v) is 1.37. The zero-order valence-electron chi connectivity index (χ0n) is 17.4. The Morgan fingerprint density at radius 1 is 0.625 bits per heavy atom. The van der Waals surface area contributed by atoms with Crippen LogP contribution in [0.3, 0.4) is 0 Å². The fourth-order valence-electron chi connectivity index (χ4n) is 1.37. The van der Waals surface area contributed by atoms with Crippen molar-refractivity contribution in [2.24, 2.45) is 0 Å². The molecule has 0 bridgehead atoms. The number of hydrogen-bond acceptors (Lipinski definition) is 1. The lowest BCUT2D eigenvalue weighted by Gasteiger charge is -2.15. The van der Waals surface area contributed by atoms with E-state index in [2.05, 4.69) is 124 Å². The molecule has 0 unspecified atom stereocenters. The summed E-state index contributed by atoms with van der Waals surface area (Å²) in [5.74, 6) is 53.8. The fraction of sp³-hybridized carbons (Fsp3) is 0.100. The largest absolute Gasteiger partial charge is 0.358 e. The first-order valence-corrected chi connectivity index (χ1v) is 8.39. The van der Waals surface area contributed by atoms with E-state index in [0.29, 0.717) is 11.3 Å². The van der Waals surface area contributed by atoms with Crippen LogP contribution in [0.1, 0.15) is 13.8 Å². The molecule has 0 atom stereocenters. The number of nitrogens with zero attached hydrogens (tertiary/aromatic N) is 1. The highest BCUT2D eigenvalue weighted by atomic mass is 16.2. The summed E-state index contributed by atoms with van der Waals surface area (Å²) in [4.78, 5) is 13.1. The van der Waals surface area contributed by atoms with Crippen molar-refractivity contribution in [2.75, 3.05) is 7.05 Å². The average Bonchev–Trinajstić information content (AvgIpc) is 2.78. The molecule has 2 heteroatoms. The van der Waals surface area contributed by atoms with E-state index in [0.717, 1.165) is 0 Å². The van der Waals surface area contributed by atoms with Gasteiger partial charge in [0.25, 0.3) is 0 Å². The zero-order chi connectivity index (χ0) is 23.9. The molecule has 0 aromatic heterocycles. The molecule has 0 aliphatic carbocycles. The number of amides is 1. The summed E-state index contributed by atoms with van der Waals surface area (Å²) in [7, 11) is 1.58. The van der Waals surface area contributed by atoms with Gasteiger partial charge in [-0.15, -0.1) is 12.3 Å². The van der Waals surface area contributed by atoms with Crippen molar-refractivity contribution in [1.82, 2.24) is 4.90 Å². The molecule has 0 aliphatic heterocycles. The summed E-state index contributed by atoms with van der Waals surface area (Å²) in [5.41, 5.74) is 0.915. The number of carbonyl (C=O) groups excluding carboxylic acids is 1. The van der Waals surface area contributed by atoms with Crippen LogP contribution in [0, 0.1) is 143 Å². The third-order valence-corrected chi connectivity index (χ3v) is 2.73. The van der Waals surface area contributed by atoms with Crippen LogP contribution >= 0.6 is 0 Å². The predicted octanol–water partition coefficient (Wildman–Crippen LogP) is 0.996. The molecule has 0 saturated carbocycles. The Kier molecular flexibility index (Phi) is 14.8. The van der Waals surface area contributed by atoms with Crippen LogP contribution in [-0.4, -0.2) is 17.9 Å². The van der Waals surface area contributed by atoms with Gasteiger partial charge >= 0.3 is 0 Å². The normalized spacial score (nSPS) is 6.53. The van der Waals surface area contributed by atoms with E-state index in [1.807, 2.05) is 5.92 Å². The topological polar surface area (TPSA) is 20.3 Å². The second-order valence-electron chi connectivity index (χ2n) is 4.82. The van der Waals surface area contributed by atoms with Gasteiger partial charge in [-0.05, 0) is 113 Å². The number of allylic oxidation sites excluding steroid dienone is 2. The van der Waals surface area contributed by atoms with Crippen LogP contribution < -0.4 is 0 Å². The first-order valence-electron chi connectivity index (χ1n) is 8.39. The van der Waals surface area contributed by atoms with E-state index in [-0.39, 0.29) is 5.91 Å². The van der Waals surface area contributed by atoms with Crippen molar-refractivity contribution in [1.29, 1.82) is 0 Å². The maximum atomic E-state index is 11.7. The molecular weight excluding hydrogens is 390 g/mol. The van der Waals surface area contributed by atoms with E-state index in [9.17, 15) is 4.79 Å². The zero-order valence-corrected chi connectivity index (χ0v) is 17.4. The molecule has 0 aliphatic rings. The Labute approximate surface area is 191 Å². The van der Waals surface area contributed by atoms with Gasteiger partial charge in [-0.25, -0.2) is 5.92 Å². The average molecular weight is 400 g/mol. The molecular formula is C30H10NO-. The molecule has 0 saturated heterocycles. The first-order chi connectivity index (χ1) is 15.5. The third kappa shape index (κ3) is 14.0. The SMILES string of the molecule is [C-]#CC#CC#CC#CC#CC#C/C(=C(\C)C#CC#CC#CC#CC#CC#C)N(C)C(C)=O. The van der Waals surface area contributed by atoms with Gasteiger partial charge in [-0.3, -0.25) is 10.7 Å². The van der Waals surface area contributed by atoms with Gasteiger partial charge in [0.05, 0.1) is 0 Å². The Hall–Kier alpha value is -6.07. The summed E-state index contributed by atoms with van der Waals surface area (Å²) in [5, 5.41) is 0. The predicted molar refractivity (Wildman–Crippen MR) is 125 cm³/mol. The van der Waals surface area contributed by atoms with Crippen molar-refractivity contribution in [3.05, 3.63) is 17.7 Å². The summed E-state index contributed by atoms with van der Waals surface area (Å²) in [6.45, 7) is 3.11. The van der Waals surface area contributed by atoms with Crippen molar-refractivity contribution in [3.8, 4) is 137 Å². The highest BCUT2D eigenvalue weighted by Crippen LogP contribution is 2.07. The van der Waals surface area contributed by atoms with Gasteiger partial charge in [0.15, 0.2) is 0 Å². The summed E-state index contributed by atoms with van der Waals surface area (Å²) in [6, 6.07) is 0. The van der Waals surface area contributed by atoms with Gasteiger partial charge in [0.1, 0.15) is 5.70 Å². The van der Waals surface area contributed by atoms with Crippen LogP contribution in [0.15, 0.2) is 11.3 Å². The van der Waals surface area contributed by atoms with Gasteiger partial charge in [0.2, 0.25) is 5.91 Å². The lowest BCUT2D eigenvalue weighted by Crippen LogP contribution is -2.23. The molecule has 0 spiro atoms. The minimum Gasteiger partial charge on any atom is -0.358 e. The van der Waals surface area contributed by atoms with E-state index in [4.69, 9.17) is 12.8 Å². The van der Waals surface area contributed by atoms with Gasteiger partial charge < -0.3 is 11.3 Å². The summed E-state index contributed by atoms with van der Waals surface area (Å²) < 4.78 is 0. The van der Waals surface area contributed by atoms with E-state index in [1.165, 1.54) is 11.8 Å². The van der Waals surface area contributed by atoms with Crippen LogP contribution in [-0.2, 0) is 4.79 Å². The number of terminal acetylenes is 1. The molecule has 0 rings (SSSR count). The molecule has 0 N–H and O–H groups in total.